The van der Waals surface area contributed by atoms with Gasteiger partial charge in [-0.25, -0.2) is 0 Å². The Hall–Kier alpha value is 1.45. The average Bonchev–Trinajstić information content (AvgIpc) is 0. The molecule has 0 heterocycles. The fourth-order valence-corrected chi connectivity index (χ4v) is 0. The number of rotatable bonds is 0. The SMILES string of the molecule is O.O.[MgH2].[MgH2]. The highest BCUT2D eigenvalue weighted by molar-refractivity contribution is 5.76. The van der Waals surface area contributed by atoms with Gasteiger partial charge in [0.2, 0.25) is 0 Å². The van der Waals surface area contributed by atoms with Crippen molar-refractivity contribution in [3.8, 4) is 0 Å². The summed E-state index contributed by atoms with van der Waals surface area (Å²) in [5, 5.41) is 0. The third-order valence-electron chi connectivity index (χ3n) is 0. The Morgan fingerprint density at radius 3 is 0.500 bits per heavy atom. The quantitative estimate of drug-likeness (QED) is 0.276. The maximum absolute atomic E-state index is 0. The fraction of sp³-hybridized carbons (Fsp3) is 0. The van der Waals surface area contributed by atoms with Gasteiger partial charge in [0.1, 0.15) is 0 Å². The van der Waals surface area contributed by atoms with Gasteiger partial charge in [-0.15, -0.1) is 0 Å². The summed E-state index contributed by atoms with van der Waals surface area (Å²) in [6, 6.07) is 0. The van der Waals surface area contributed by atoms with Gasteiger partial charge in [0.15, 0.2) is 0 Å². The minimum absolute atomic E-state index is 0. The van der Waals surface area contributed by atoms with Crippen molar-refractivity contribution >= 4 is 46.1 Å². The van der Waals surface area contributed by atoms with E-state index < -0.39 is 0 Å². The van der Waals surface area contributed by atoms with Crippen molar-refractivity contribution in [2.75, 3.05) is 0 Å². The van der Waals surface area contributed by atoms with Crippen LogP contribution in [0, 0.1) is 0 Å². The van der Waals surface area contributed by atoms with E-state index in [0.717, 1.165) is 0 Å². The van der Waals surface area contributed by atoms with Crippen molar-refractivity contribution in [2.24, 2.45) is 0 Å². The molecule has 4 N–H and O–H groups in total. The maximum Gasteiger partial charge on any atom is 0.316 e. The molecule has 0 aliphatic heterocycles. The molecule has 0 fully saturated rings. The summed E-state index contributed by atoms with van der Waals surface area (Å²) in [7, 11) is 0. The molecule has 0 saturated heterocycles. The van der Waals surface area contributed by atoms with E-state index in [1.807, 2.05) is 0 Å². The molecule has 0 rings (SSSR count). The van der Waals surface area contributed by atoms with Gasteiger partial charge in [-0.05, 0) is 0 Å². The van der Waals surface area contributed by atoms with Crippen molar-refractivity contribution < 1.29 is 11.0 Å². The van der Waals surface area contributed by atoms with E-state index in [0.29, 0.717) is 0 Å². The lowest BCUT2D eigenvalue weighted by atomic mass is 16.0. The van der Waals surface area contributed by atoms with Gasteiger partial charge < -0.3 is 11.0 Å². The lowest BCUT2D eigenvalue weighted by Gasteiger charge is -0.413. The third kappa shape index (κ3) is 9.84. The van der Waals surface area contributed by atoms with E-state index >= 15 is 0 Å². The van der Waals surface area contributed by atoms with Gasteiger partial charge in [0.05, 0.1) is 0 Å². The molecule has 0 saturated carbocycles. The molecular weight excluding hydrogens is 80.6 g/mol. The Labute approximate surface area is 56.9 Å². The minimum Gasteiger partial charge on any atom is -0.412 e. The van der Waals surface area contributed by atoms with E-state index in [2.05, 4.69) is 0 Å². The molecule has 0 spiro atoms. The molecule has 0 bridgehead atoms. The van der Waals surface area contributed by atoms with Gasteiger partial charge in [0.25, 0.3) is 0 Å². The van der Waals surface area contributed by atoms with Crippen LogP contribution in [-0.2, 0) is 0 Å². The highest BCUT2D eigenvalue weighted by atomic mass is 24.3. The van der Waals surface area contributed by atoms with Crippen LogP contribution in [0.1, 0.15) is 0 Å². The van der Waals surface area contributed by atoms with Crippen molar-refractivity contribution in [1.82, 2.24) is 0 Å². The molecule has 0 unspecified atom stereocenters. The Morgan fingerprint density at radius 2 is 0.500 bits per heavy atom. The molecule has 0 aromatic rings. The smallest absolute Gasteiger partial charge is 0.316 e. The predicted molar refractivity (Wildman–Crippen MR) is 24.3 cm³/mol. The zero-order valence-corrected chi connectivity index (χ0v) is 1.00. The van der Waals surface area contributed by atoms with Crippen LogP contribution < -0.4 is 0 Å². The number of hydrogen-bond acceptors (Lipinski definition) is 0. The maximum atomic E-state index is 0. The van der Waals surface area contributed by atoms with Crippen LogP contribution in [0.15, 0.2) is 0 Å². The zero-order chi connectivity index (χ0) is 0. The van der Waals surface area contributed by atoms with Crippen LogP contribution in [0.4, 0.5) is 0 Å². The Kier molecular flexibility index (Phi) is 322. The summed E-state index contributed by atoms with van der Waals surface area (Å²) in [6.07, 6.45) is 0. The molecule has 4 heavy (non-hydrogen) atoms. The van der Waals surface area contributed by atoms with Crippen LogP contribution in [0.25, 0.3) is 0 Å². The summed E-state index contributed by atoms with van der Waals surface area (Å²) < 4.78 is 0. The molecule has 2 nitrogen and oxygen atoms in total. The highest BCUT2D eigenvalue weighted by Crippen LogP contribution is -0.288. The van der Waals surface area contributed by atoms with Crippen LogP contribution in [0.3, 0.4) is 0 Å². The summed E-state index contributed by atoms with van der Waals surface area (Å²) in [6.45, 7) is 0. The predicted octanol–water partition coefficient (Wildman–Crippen LogP) is -3.48. The van der Waals surface area contributed by atoms with Gasteiger partial charge >= 0.3 is 46.1 Å². The largest absolute Gasteiger partial charge is 0.412 e. The van der Waals surface area contributed by atoms with E-state index in [9.17, 15) is 0 Å². The second kappa shape index (κ2) is 25.2. The second-order valence-electron chi connectivity index (χ2n) is 0. The molecule has 0 aliphatic carbocycles. The Bertz CT molecular complexity index is 4.00. The fourth-order valence-electron chi connectivity index (χ4n) is 0. The molecule has 4 heteroatoms. The molecule has 0 amide bonds. The van der Waals surface area contributed by atoms with E-state index in [4.69, 9.17) is 0 Å². The monoisotopic (exact) mass is 88.0 g/mol. The summed E-state index contributed by atoms with van der Waals surface area (Å²) in [5.74, 6) is 0. The Morgan fingerprint density at radius 1 is 0.500 bits per heavy atom. The number of hydrogen-bond donors (Lipinski definition) is 0. The van der Waals surface area contributed by atoms with E-state index in [1.165, 1.54) is 0 Å². The molecule has 0 atom stereocenters. The van der Waals surface area contributed by atoms with Crippen LogP contribution in [0.5, 0.6) is 0 Å². The molecule has 0 radical (unpaired) electrons. The summed E-state index contributed by atoms with van der Waals surface area (Å²) in [4.78, 5) is 0. The first-order valence-corrected chi connectivity index (χ1v) is 0. The van der Waals surface area contributed by atoms with Gasteiger partial charge in [-0.3, -0.25) is 0 Å². The second-order valence-corrected chi connectivity index (χ2v) is 0. The van der Waals surface area contributed by atoms with E-state index in [-0.39, 0.29) is 57.1 Å². The van der Waals surface area contributed by atoms with Gasteiger partial charge in [-0.2, -0.15) is 0 Å². The lowest BCUT2D eigenvalue weighted by molar-refractivity contribution is 0.823. The van der Waals surface area contributed by atoms with Gasteiger partial charge in [0, 0.05) is 0 Å². The van der Waals surface area contributed by atoms with Crippen molar-refractivity contribution in [1.29, 1.82) is 0 Å². The average molecular weight is 88.7 g/mol. The lowest BCUT2D eigenvalue weighted by Crippen LogP contribution is -0.382. The Balaban J connectivity index is 0. The summed E-state index contributed by atoms with van der Waals surface area (Å²) >= 11 is 0. The molecule has 24 valence electrons. The van der Waals surface area contributed by atoms with Gasteiger partial charge in [-0.1, -0.05) is 0 Å². The molecule has 0 aliphatic rings. The molecule has 0 aromatic heterocycles. The van der Waals surface area contributed by atoms with Crippen LogP contribution in [0.2, 0.25) is 0 Å². The topological polar surface area (TPSA) is 63.0 Å². The third-order valence-corrected chi connectivity index (χ3v) is 0. The van der Waals surface area contributed by atoms with E-state index in [1.54, 1.807) is 0 Å². The van der Waals surface area contributed by atoms with Crippen molar-refractivity contribution in [2.45, 2.75) is 0 Å². The van der Waals surface area contributed by atoms with Crippen molar-refractivity contribution in [3.63, 3.8) is 0 Å². The minimum atomic E-state index is 0. The summed E-state index contributed by atoms with van der Waals surface area (Å²) in [5.41, 5.74) is 0. The highest BCUT2D eigenvalue weighted by Gasteiger charge is 0.317. The molecule has 0 aromatic carbocycles. The normalized spacial score (nSPS) is 0. The molecular formula is H8Mg2O2. The first kappa shape index (κ1) is 51.2. The van der Waals surface area contributed by atoms with Crippen molar-refractivity contribution in [3.05, 3.63) is 0 Å². The first-order valence-electron chi connectivity index (χ1n) is 0. The zero-order valence-electron chi connectivity index (χ0n) is 1.00. The van der Waals surface area contributed by atoms with Crippen LogP contribution >= 0.6 is 0 Å². The van der Waals surface area contributed by atoms with Crippen LogP contribution in [-0.4, -0.2) is 57.1 Å². The standard InChI is InChI=1S/2Mg.2H2O.4H/h;;2*1H2;;;;. The first-order chi connectivity index (χ1) is 0.